The first-order valence-electron chi connectivity index (χ1n) is 8.13. The van der Waals surface area contributed by atoms with Crippen molar-refractivity contribution >= 4 is 28.4 Å². The second-order valence-electron chi connectivity index (χ2n) is 6.00. The number of amides is 1. The fraction of sp³-hybridized carbons (Fsp3) is 0.316. The van der Waals surface area contributed by atoms with Crippen molar-refractivity contribution in [3.8, 4) is 0 Å². The summed E-state index contributed by atoms with van der Waals surface area (Å²) >= 11 is 6.19. The molecule has 0 radical (unpaired) electrons. The molecule has 0 fully saturated rings. The summed E-state index contributed by atoms with van der Waals surface area (Å²) in [4.78, 5) is 15.5. The Morgan fingerprint density at radius 3 is 2.79 bits per heavy atom. The lowest BCUT2D eigenvalue weighted by Gasteiger charge is -2.05. The molecule has 24 heavy (non-hydrogen) atoms. The first-order chi connectivity index (χ1) is 11.5. The Morgan fingerprint density at radius 2 is 2.08 bits per heavy atom. The lowest BCUT2D eigenvalue weighted by molar-refractivity contribution is 0.0925. The second-order valence-corrected chi connectivity index (χ2v) is 6.44. The molecule has 0 saturated heterocycles. The van der Waals surface area contributed by atoms with Crippen LogP contribution in [-0.4, -0.2) is 17.4 Å². The van der Waals surface area contributed by atoms with E-state index in [0.29, 0.717) is 12.3 Å². The number of H-pyrrole nitrogens is 1. The molecule has 2 N–H and O–H groups in total. The summed E-state index contributed by atoms with van der Waals surface area (Å²) in [5.41, 5.74) is 4.52. The SMILES string of the molecule is CCc1ccc(C(=O)NCCc2c(C)[nH]c3c(C)cc(Cl)cc23)o1. The van der Waals surface area contributed by atoms with Crippen molar-refractivity contribution in [3.05, 3.63) is 57.6 Å². The van der Waals surface area contributed by atoms with Crippen LogP contribution in [0.2, 0.25) is 5.02 Å². The quantitative estimate of drug-likeness (QED) is 0.712. The molecule has 3 rings (SSSR count). The van der Waals surface area contributed by atoms with Crippen molar-refractivity contribution in [2.24, 2.45) is 0 Å². The van der Waals surface area contributed by atoms with Gasteiger partial charge in [-0.25, -0.2) is 0 Å². The Balaban J connectivity index is 1.72. The number of aromatic amines is 1. The summed E-state index contributed by atoms with van der Waals surface area (Å²) in [6.07, 6.45) is 1.51. The van der Waals surface area contributed by atoms with Crippen LogP contribution in [0.15, 0.2) is 28.7 Å². The molecule has 0 atom stereocenters. The van der Waals surface area contributed by atoms with Gasteiger partial charge in [-0.1, -0.05) is 18.5 Å². The van der Waals surface area contributed by atoms with Gasteiger partial charge in [-0.3, -0.25) is 4.79 Å². The normalized spacial score (nSPS) is 11.2. The molecule has 2 aromatic heterocycles. The van der Waals surface area contributed by atoms with Crippen LogP contribution in [0.1, 0.15) is 40.1 Å². The van der Waals surface area contributed by atoms with Gasteiger partial charge in [0.15, 0.2) is 5.76 Å². The van der Waals surface area contributed by atoms with Gasteiger partial charge in [0, 0.05) is 34.6 Å². The van der Waals surface area contributed by atoms with E-state index in [1.165, 1.54) is 5.56 Å². The molecule has 0 aliphatic heterocycles. The Morgan fingerprint density at radius 1 is 1.29 bits per heavy atom. The van der Waals surface area contributed by atoms with Crippen LogP contribution < -0.4 is 5.32 Å². The third-order valence-corrected chi connectivity index (χ3v) is 4.50. The highest BCUT2D eigenvalue weighted by atomic mass is 35.5. The molecular formula is C19H21ClN2O2. The summed E-state index contributed by atoms with van der Waals surface area (Å²) in [6.45, 7) is 6.62. The molecule has 4 nitrogen and oxygen atoms in total. The molecule has 0 unspecified atom stereocenters. The van der Waals surface area contributed by atoms with Gasteiger partial charge in [-0.05, 0) is 55.7 Å². The minimum absolute atomic E-state index is 0.179. The van der Waals surface area contributed by atoms with E-state index in [-0.39, 0.29) is 5.91 Å². The van der Waals surface area contributed by atoms with Crippen LogP contribution in [0.4, 0.5) is 0 Å². The van der Waals surface area contributed by atoms with E-state index in [1.54, 1.807) is 6.07 Å². The molecule has 1 amide bonds. The monoisotopic (exact) mass is 344 g/mol. The van der Waals surface area contributed by atoms with Crippen LogP contribution in [0.25, 0.3) is 10.9 Å². The average molecular weight is 345 g/mol. The predicted molar refractivity (Wildman–Crippen MR) is 96.9 cm³/mol. The van der Waals surface area contributed by atoms with E-state index in [9.17, 15) is 4.79 Å². The zero-order valence-corrected chi connectivity index (χ0v) is 14.9. The first kappa shape index (κ1) is 16.7. The molecule has 2 heterocycles. The number of aryl methyl sites for hydroxylation is 3. The smallest absolute Gasteiger partial charge is 0.287 e. The maximum absolute atomic E-state index is 12.1. The van der Waals surface area contributed by atoms with Crippen LogP contribution in [0, 0.1) is 13.8 Å². The number of fused-ring (bicyclic) bond motifs is 1. The molecule has 3 aromatic rings. The number of hydrogen-bond acceptors (Lipinski definition) is 2. The summed E-state index contributed by atoms with van der Waals surface area (Å²) in [5, 5.41) is 4.77. The van der Waals surface area contributed by atoms with E-state index in [2.05, 4.69) is 10.3 Å². The number of hydrogen-bond donors (Lipinski definition) is 2. The topological polar surface area (TPSA) is 58.0 Å². The lowest BCUT2D eigenvalue weighted by atomic mass is 10.1. The van der Waals surface area contributed by atoms with Gasteiger partial charge in [0.2, 0.25) is 0 Å². The van der Waals surface area contributed by atoms with E-state index in [4.69, 9.17) is 16.0 Å². The molecule has 0 aliphatic rings. The van der Waals surface area contributed by atoms with Gasteiger partial charge < -0.3 is 14.7 Å². The summed E-state index contributed by atoms with van der Waals surface area (Å²) in [5.74, 6) is 1.00. The number of benzene rings is 1. The Kier molecular flexibility index (Phi) is 4.67. The van der Waals surface area contributed by atoms with Crippen molar-refractivity contribution in [1.29, 1.82) is 0 Å². The highest BCUT2D eigenvalue weighted by molar-refractivity contribution is 6.31. The molecule has 0 aliphatic carbocycles. The number of halogens is 1. The van der Waals surface area contributed by atoms with Crippen LogP contribution in [0.3, 0.4) is 0 Å². The van der Waals surface area contributed by atoms with E-state index >= 15 is 0 Å². The van der Waals surface area contributed by atoms with Gasteiger partial charge in [0.25, 0.3) is 5.91 Å². The second kappa shape index (κ2) is 6.73. The number of nitrogens with one attached hydrogen (secondary N) is 2. The molecule has 0 bridgehead atoms. The van der Waals surface area contributed by atoms with Crippen molar-refractivity contribution in [1.82, 2.24) is 10.3 Å². The molecule has 0 spiro atoms. The van der Waals surface area contributed by atoms with Crippen LogP contribution in [-0.2, 0) is 12.8 Å². The largest absolute Gasteiger partial charge is 0.456 e. The van der Waals surface area contributed by atoms with Crippen molar-refractivity contribution in [2.75, 3.05) is 6.54 Å². The van der Waals surface area contributed by atoms with E-state index < -0.39 is 0 Å². The zero-order valence-electron chi connectivity index (χ0n) is 14.1. The highest BCUT2D eigenvalue weighted by Crippen LogP contribution is 2.28. The standard InChI is InChI=1S/C19H21ClN2O2/c1-4-14-5-6-17(24-14)19(23)21-8-7-15-12(3)22-18-11(2)9-13(20)10-16(15)18/h5-6,9-10,22H,4,7-8H2,1-3H3,(H,21,23). The Hall–Kier alpha value is -2.20. The molecule has 0 saturated carbocycles. The molecular weight excluding hydrogens is 324 g/mol. The minimum atomic E-state index is -0.179. The van der Waals surface area contributed by atoms with Gasteiger partial charge in [0.05, 0.1) is 0 Å². The maximum atomic E-state index is 12.1. The van der Waals surface area contributed by atoms with Gasteiger partial charge in [-0.15, -0.1) is 0 Å². The number of rotatable bonds is 5. The van der Waals surface area contributed by atoms with Crippen molar-refractivity contribution < 1.29 is 9.21 Å². The van der Waals surface area contributed by atoms with Crippen LogP contribution in [0.5, 0.6) is 0 Å². The first-order valence-corrected chi connectivity index (χ1v) is 8.51. The molecule has 5 heteroatoms. The summed E-state index contributed by atoms with van der Waals surface area (Å²) in [6, 6.07) is 7.48. The fourth-order valence-corrected chi connectivity index (χ4v) is 3.29. The predicted octanol–water partition coefficient (Wildman–Crippen LogP) is 4.57. The third-order valence-electron chi connectivity index (χ3n) is 4.29. The summed E-state index contributed by atoms with van der Waals surface area (Å²) < 4.78 is 5.47. The van der Waals surface area contributed by atoms with Crippen molar-refractivity contribution in [3.63, 3.8) is 0 Å². The van der Waals surface area contributed by atoms with Gasteiger partial charge in [0.1, 0.15) is 5.76 Å². The number of carbonyl (C=O) groups excluding carboxylic acids is 1. The molecule has 126 valence electrons. The lowest BCUT2D eigenvalue weighted by Crippen LogP contribution is -2.25. The minimum Gasteiger partial charge on any atom is -0.456 e. The number of carbonyl (C=O) groups is 1. The Labute approximate surface area is 146 Å². The van der Waals surface area contributed by atoms with Crippen molar-refractivity contribution in [2.45, 2.75) is 33.6 Å². The Bertz CT molecular complexity index is 892. The van der Waals surface area contributed by atoms with E-state index in [1.807, 2.05) is 39.0 Å². The number of furan rings is 1. The van der Waals surface area contributed by atoms with Gasteiger partial charge >= 0.3 is 0 Å². The average Bonchev–Trinajstić information content (AvgIpc) is 3.13. The molecule has 1 aromatic carbocycles. The van der Waals surface area contributed by atoms with E-state index in [0.717, 1.165) is 45.8 Å². The zero-order chi connectivity index (χ0) is 17.3. The third kappa shape index (κ3) is 3.20. The fourth-order valence-electron chi connectivity index (χ4n) is 3.01. The maximum Gasteiger partial charge on any atom is 0.287 e. The van der Waals surface area contributed by atoms with Crippen LogP contribution >= 0.6 is 11.6 Å². The summed E-state index contributed by atoms with van der Waals surface area (Å²) in [7, 11) is 0. The van der Waals surface area contributed by atoms with Gasteiger partial charge in [-0.2, -0.15) is 0 Å². The number of aromatic nitrogens is 1. The highest BCUT2D eigenvalue weighted by Gasteiger charge is 2.13.